The minimum Gasteiger partial charge on any atom is -0.348 e. The molecule has 1 aromatic heterocycles. The molecule has 132 valence electrons. The van der Waals surface area contributed by atoms with Crippen LogP contribution in [0.3, 0.4) is 0 Å². The summed E-state index contributed by atoms with van der Waals surface area (Å²) in [6, 6.07) is 13.0. The van der Waals surface area contributed by atoms with Crippen molar-refractivity contribution in [3.05, 3.63) is 81.6 Å². The van der Waals surface area contributed by atoms with Gasteiger partial charge in [0.2, 0.25) is 5.95 Å². The molecule has 2 aromatic carbocycles. The molecule has 0 fully saturated rings. The van der Waals surface area contributed by atoms with Gasteiger partial charge in [-0.2, -0.15) is 0 Å². The van der Waals surface area contributed by atoms with Crippen LogP contribution in [0.5, 0.6) is 0 Å². The van der Waals surface area contributed by atoms with Gasteiger partial charge in [-0.3, -0.25) is 4.79 Å². The molecule has 26 heavy (non-hydrogen) atoms. The Morgan fingerprint density at radius 2 is 1.73 bits per heavy atom. The zero-order chi connectivity index (χ0) is 18.5. The van der Waals surface area contributed by atoms with E-state index in [1.165, 1.54) is 12.4 Å². The van der Waals surface area contributed by atoms with Crippen LogP contribution >= 0.6 is 23.2 Å². The number of halogens is 2. The van der Waals surface area contributed by atoms with Gasteiger partial charge in [-0.25, -0.2) is 9.97 Å². The van der Waals surface area contributed by atoms with Crippen LogP contribution in [0, 0.1) is 6.92 Å². The van der Waals surface area contributed by atoms with Gasteiger partial charge in [-0.1, -0.05) is 53.0 Å². The Labute approximate surface area is 161 Å². The van der Waals surface area contributed by atoms with Crippen molar-refractivity contribution in [3.8, 4) is 0 Å². The fourth-order valence-electron chi connectivity index (χ4n) is 2.37. The first-order chi connectivity index (χ1) is 12.5. The molecule has 5 nitrogen and oxygen atoms in total. The molecular weight excluding hydrogens is 371 g/mol. The molecule has 0 spiro atoms. The van der Waals surface area contributed by atoms with Crippen LogP contribution in [0.25, 0.3) is 0 Å². The molecule has 0 saturated heterocycles. The molecule has 0 atom stereocenters. The third-order valence-corrected chi connectivity index (χ3v) is 4.00. The first-order valence-electron chi connectivity index (χ1n) is 7.88. The van der Waals surface area contributed by atoms with E-state index in [-0.39, 0.29) is 5.91 Å². The van der Waals surface area contributed by atoms with Gasteiger partial charge in [0.05, 0.1) is 5.56 Å². The highest BCUT2D eigenvalue weighted by Crippen LogP contribution is 2.24. The van der Waals surface area contributed by atoms with Crippen molar-refractivity contribution in [2.75, 3.05) is 5.32 Å². The number of carbonyl (C=O) groups is 1. The predicted octanol–water partition coefficient (Wildman–Crippen LogP) is 4.77. The van der Waals surface area contributed by atoms with Crippen molar-refractivity contribution < 1.29 is 4.79 Å². The number of hydrogen-bond acceptors (Lipinski definition) is 4. The zero-order valence-electron chi connectivity index (χ0n) is 14.0. The van der Waals surface area contributed by atoms with Crippen LogP contribution in [0.1, 0.15) is 21.5 Å². The molecule has 0 unspecified atom stereocenters. The number of aryl methyl sites for hydroxylation is 1. The van der Waals surface area contributed by atoms with E-state index in [9.17, 15) is 4.79 Å². The fraction of sp³-hybridized carbons (Fsp3) is 0.105. The largest absolute Gasteiger partial charge is 0.348 e. The van der Waals surface area contributed by atoms with Crippen LogP contribution in [0.2, 0.25) is 10.0 Å². The van der Waals surface area contributed by atoms with Gasteiger partial charge < -0.3 is 10.6 Å². The molecule has 1 heterocycles. The van der Waals surface area contributed by atoms with Crippen LogP contribution in [0.4, 0.5) is 11.6 Å². The summed E-state index contributed by atoms with van der Waals surface area (Å²) in [7, 11) is 0. The van der Waals surface area contributed by atoms with E-state index in [1.54, 1.807) is 18.2 Å². The summed E-state index contributed by atoms with van der Waals surface area (Å²) in [4.78, 5) is 20.5. The van der Waals surface area contributed by atoms with Crippen molar-refractivity contribution in [2.45, 2.75) is 13.5 Å². The second kappa shape index (κ2) is 8.17. The van der Waals surface area contributed by atoms with Crippen molar-refractivity contribution >= 4 is 40.7 Å². The summed E-state index contributed by atoms with van der Waals surface area (Å²) in [5, 5.41) is 6.86. The van der Waals surface area contributed by atoms with E-state index >= 15 is 0 Å². The third kappa shape index (κ3) is 4.94. The van der Waals surface area contributed by atoms with E-state index in [2.05, 4.69) is 20.6 Å². The Bertz CT molecular complexity index is 909. The van der Waals surface area contributed by atoms with Crippen LogP contribution in [0.15, 0.2) is 54.9 Å². The Hall–Kier alpha value is -2.63. The molecule has 3 aromatic rings. The Morgan fingerprint density at radius 3 is 2.38 bits per heavy atom. The molecule has 0 aliphatic rings. The second-order valence-corrected chi connectivity index (χ2v) is 6.62. The van der Waals surface area contributed by atoms with Gasteiger partial charge in [0.25, 0.3) is 5.91 Å². The van der Waals surface area contributed by atoms with Gasteiger partial charge in [0.1, 0.15) is 0 Å². The van der Waals surface area contributed by atoms with Gasteiger partial charge in [-0.15, -0.1) is 0 Å². The summed E-state index contributed by atoms with van der Waals surface area (Å²) in [6.07, 6.45) is 2.93. The second-order valence-electron chi connectivity index (χ2n) is 5.75. The van der Waals surface area contributed by atoms with Crippen LogP contribution < -0.4 is 10.6 Å². The minimum atomic E-state index is -0.233. The lowest BCUT2D eigenvalue weighted by molar-refractivity contribution is 0.0950. The number of anilines is 2. The lowest BCUT2D eigenvalue weighted by atomic mass is 10.1. The molecule has 0 aliphatic carbocycles. The zero-order valence-corrected chi connectivity index (χ0v) is 15.5. The summed E-state index contributed by atoms with van der Waals surface area (Å²) < 4.78 is 0. The van der Waals surface area contributed by atoms with Crippen LogP contribution in [-0.2, 0) is 6.54 Å². The smallest absolute Gasteiger partial charge is 0.254 e. The molecule has 0 bridgehead atoms. The van der Waals surface area contributed by atoms with Gasteiger partial charge in [0.15, 0.2) is 0 Å². The highest BCUT2D eigenvalue weighted by atomic mass is 35.5. The summed E-state index contributed by atoms with van der Waals surface area (Å²) in [5.74, 6) is 0.113. The molecule has 1 amide bonds. The maximum atomic E-state index is 12.2. The third-order valence-electron chi connectivity index (χ3n) is 3.57. The van der Waals surface area contributed by atoms with Gasteiger partial charge >= 0.3 is 0 Å². The number of amides is 1. The average molecular weight is 387 g/mol. The maximum absolute atomic E-state index is 12.2. The maximum Gasteiger partial charge on any atom is 0.254 e. The highest BCUT2D eigenvalue weighted by Gasteiger charge is 2.08. The van der Waals surface area contributed by atoms with Crippen molar-refractivity contribution in [1.82, 2.24) is 15.3 Å². The molecular formula is C19H16Cl2N4O. The number of benzene rings is 2. The van der Waals surface area contributed by atoms with Gasteiger partial charge in [-0.05, 0) is 30.7 Å². The number of nitrogens with zero attached hydrogens (tertiary/aromatic N) is 2. The molecule has 3 rings (SSSR count). The molecule has 7 heteroatoms. The average Bonchev–Trinajstić information content (AvgIpc) is 2.59. The summed E-state index contributed by atoms with van der Waals surface area (Å²) in [5.41, 5.74) is 3.23. The molecule has 0 radical (unpaired) electrons. The number of rotatable bonds is 5. The van der Waals surface area contributed by atoms with E-state index < -0.39 is 0 Å². The Kier molecular flexibility index (Phi) is 5.71. The molecule has 0 aliphatic heterocycles. The lowest BCUT2D eigenvalue weighted by Gasteiger charge is -2.08. The van der Waals surface area contributed by atoms with E-state index in [0.717, 1.165) is 11.1 Å². The van der Waals surface area contributed by atoms with E-state index in [4.69, 9.17) is 23.2 Å². The first-order valence-corrected chi connectivity index (χ1v) is 8.64. The number of carbonyl (C=O) groups excluding carboxylic acids is 1. The van der Waals surface area contributed by atoms with E-state index in [1.807, 2.05) is 31.2 Å². The normalized spacial score (nSPS) is 10.4. The Morgan fingerprint density at radius 1 is 1.04 bits per heavy atom. The number of aromatic nitrogens is 2. The summed E-state index contributed by atoms with van der Waals surface area (Å²) in [6.45, 7) is 2.46. The Balaban J connectivity index is 1.62. The van der Waals surface area contributed by atoms with Crippen LogP contribution in [-0.4, -0.2) is 15.9 Å². The topological polar surface area (TPSA) is 66.9 Å². The summed E-state index contributed by atoms with van der Waals surface area (Å²) >= 11 is 11.9. The SMILES string of the molecule is Cc1cccc(CNC(=O)c2cnc(Nc3cc(Cl)cc(Cl)c3)nc2)c1. The molecule has 0 saturated carbocycles. The molecule has 2 N–H and O–H groups in total. The quantitative estimate of drug-likeness (QED) is 0.662. The lowest BCUT2D eigenvalue weighted by Crippen LogP contribution is -2.23. The van der Waals surface area contributed by atoms with Gasteiger partial charge in [0, 0.05) is 34.7 Å². The van der Waals surface area contributed by atoms with E-state index in [0.29, 0.717) is 33.8 Å². The van der Waals surface area contributed by atoms with Crippen molar-refractivity contribution in [2.24, 2.45) is 0 Å². The van der Waals surface area contributed by atoms with Crippen molar-refractivity contribution in [3.63, 3.8) is 0 Å². The monoisotopic (exact) mass is 386 g/mol. The predicted molar refractivity (Wildman–Crippen MR) is 104 cm³/mol. The fourth-order valence-corrected chi connectivity index (χ4v) is 2.90. The standard InChI is InChI=1S/C19H16Cl2N4O/c1-12-3-2-4-13(5-12)9-22-18(26)14-10-23-19(24-11-14)25-17-7-15(20)6-16(21)8-17/h2-8,10-11H,9H2,1H3,(H,22,26)(H,23,24,25). The number of nitrogens with one attached hydrogen (secondary N) is 2. The highest BCUT2D eigenvalue weighted by molar-refractivity contribution is 6.35. The first kappa shape index (κ1) is 18.2. The minimum absolute atomic E-state index is 0.233. The number of hydrogen-bond donors (Lipinski definition) is 2. The van der Waals surface area contributed by atoms with Crippen molar-refractivity contribution in [1.29, 1.82) is 0 Å².